The van der Waals surface area contributed by atoms with Gasteiger partial charge in [0, 0.05) is 34.5 Å². The van der Waals surface area contributed by atoms with Gasteiger partial charge in [0.1, 0.15) is 5.82 Å². The molecule has 3 heterocycles. The molecule has 0 saturated heterocycles. The Morgan fingerprint density at radius 2 is 1.60 bits per heavy atom. The Morgan fingerprint density at radius 1 is 0.808 bits per heavy atom. The third-order valence-electron chi connectivity index (χ3n) is 9.84. The van der Waals surface area contributed by atoms with Crippen LogP contribution in [-0.2, 0) is 32.9 Å². The minimum Gasteiger partial charge on any atom is -0.509 e. The number of hydrogen-bond donors (Lipinski definition) is 0. The molecule has 0 spiro atoms. The van der Waals surface area contributed by atoms with Gasteiger partial charge in [0.15, 0.2) is 0 Å². The summed E-state index contributed by atoms with van der Waals surface area (Å²) in [6.07, 6.45) is 6.67. The molecule has 6 heteroatoms. The van der Waals surface area contributed by atoms with Crippen LogP contribution in [-0.4, -0.2) is 19.3 Å². The molecule has 0 amide bonds. The molecule has 5 nitrogen and oxygen atoms in total. The van der Waals surface area contributed by atoms with Crippen molar-refractivity contribution in [2.24, 2.45) is 5.92 Å². The molecule has 0 unspecified atom stereocenters. The van der Waals surface area contributed by atoms with Crippen LogP contribution in [0.3, 0.4) is 0 Å². The first-order valence-corrected chi connectivity index (χ1v) is 18.3. The number of benzene rings is 4. The number of nitrogens with zero attached hydrogens (tertiary/aromatic N) is 4. The Morgan fingerprint density at radius 3 is 2.33 bits per heavy atom. The zero-order valence-electron chi connectivity index (χ0n) is 31.6. The van der Waals surface area contributed by atoms with Crippen LogP contribution >= 0.6 is 0 Å². The Labute approximate surface area is 323 Å². The third kappa shape index (κ3) is 7.66. The van der Waals surface area contributed by atoms with Crippen molar-refractivity contribution in [2.75, 3.05) is 0 Å². The number of rotatable bonds is 10. The van der Waals surface area contributed by atoms with Crippen LogP contribution in [0.2, 0.25) is 0 Å². The number of hydrogen-bond acceptors (Lipinski definition) is 3. The molecule has 0 atom stereocenters. The van der Waals surface area contributed by atoms with E-state index in [1.54, 1.807) is 0 Å². The SMILES string of the molecule is Cc1ccnc(-n2c3[c-]c(Oc4[c-]c(-n5nc(C)c(-c6ccccc6)c5C)cc(C(C)(C)C)c4)ccc3c3cc(CCCCC(C)C)ccc32)c1.[Pt+2]. The van der Waals surface area contributed by atoms with Crippen LogP contribution in [0.5, 0.6) is 11.5 Å². The van der Waals surface area contributed by atoms with Crippen molar-refractivity contribution in [3.63, 3.8) is 0 Å². The van der Waals surface area contributed by atoms with Gasteiger partial charge in [-0.25, -0.2) is 4.98 Å². The van der Waals surface area contributed by atoms with Gasteiger partial charge < -0.3 is 9.30 Å². The fourth-order valence-corrected chi connectivity index (χ4v) is 7.10. The van der Waals surface area contributed by atoms with Crippen LogP contribution in [0.1, 0.15) is 82.0 Å². The van der Waals surface area contributed by atoms with Crippen molar-refractivity contribution in [3.8, 4) is 34.1 Å². The monoisotopic (exact) mass is 867 g/mol. The van der Waals surface area contributed by atoms with Crippen molar-refractivity contribution in [1.29, 1.82) is 0 Å². The maximum absolute atomic E-state index is 6.68. The van der Waals surface area contributed by atoms with E-state index in [0.717, 1.165) is 73.9 Å². The van der Waals surface area contributed by atoms with E-state index in [1.807, 2.05) is 29.1 Å². The molecule has 0 fully saturated rings. The molecular formula is C46H48N4OPt. The zero-order valence-corrected chi connectivity index (χ0v) is 33.9. The molecule has 0 aliphatic rings. The summed E-state index contributed by atoms with van der Waals surface area (Å²) in [6.45, 7) is 17.6. The summed E-state index contributed by atoms with van der Waals surface area (Å²) in [6, 6.07) is 37.2. The topological polar surface area (TPSA) is 44.9 Å². The van der Waals surface area contributed by atoms with E-state index in [2.05, 4.69) is 139 Å². The van der Waals surface area contributed by atoms with E-state index in [0.29, 0.717) is 11.5 Å². The molecule has 0 radical (unpaired) electrons. The van der Waals surface area contributed by atoms with Crippen molar-refractivity contribution in [2.45, 2.75) is 86.5 Å². The quantitative estimate of drug-likeness (QED) is 0.102. The van der Waals surface area contributed by atoms with Crippen LogP contribution in [0.15, 0.2) is 91.1 Å². The van der Waals surface area contributed by atoms with Crippen LogP contribution in [0, 0.1) is 38.8 Å². The van der Waals surface area contributed by atoms with Crippen LogP contribution in [0.4, 0.5) is 0 Å². The average Bonchev–Trinajstić information content (AvgIpc) is 3.58. The van der Waals surface area contributed by atoms with E-state index in [9.17, 15) is 0 Å². The first-order chi connectivity index (χ1) is 24.5. The van der Waals surface area contributed by atoms with E-state index in [-0.39, 0.29) is 26.5 Å². The average molecular weight is 868 g/mol. The zero-order chi connectivity index (χ0) is 35.9. The van der Waals surface area contributed by atoms with Crippen LogP contribution < -0.4 is 4.74 Å². The number of unbranched alkanes of at least 4 members (excludes halogenated alkanes) is 1. The second-order valence-electron chi connectivity index (χ2n) is 15.4. The molecular weight excluding hydrogens is 820 g/mol. The number of ether oxygens (including phenoxy) is 1. The van der Waals surface area contributed by atoms with Crippen molar-refractivity contribution < 1.29 is 25.8 Å². The second kappa shape index (κ2) is 15.2. The van der Waals surface area contributed by atoms with Gasteiger partial charge in [0.2, 0.25) is 0 Å². The molecule has 0 bridgehead atoms. The van der Waals surface area contributed by atoms with E-state index in [4.69, 9.17) is 14.8 Å². The summed E-state index contributed by atoms with van der Waals surface area (Å²) in [4.78, 5) is 4.80. The molecule has 0 N–H and O–H groups in total. The maximum Gasteiger partial charge on any atom is 2.00 e. The maximum atomic E-state index is 6.68. The first-order valence-electron chi connectivity index (χ1n) is 18.3. The van der Waals surface area contributed by atoms with Gasteiger partial charge >= 0.3 is 21.1 Å². The predicted octanol–water partition coefficient (Wildman–Crippen LogP) is 12.0. The van der Waals surface area contributed by atoms with E-state index >= 15 is 0 Å². The predicted molar refractivity (Wildman–Crippen MR) is 211 cm³/mol. The number of fused-ring (bicyclic) bond motifs is 3. The molecule has 3 aromatic heterocycles. The first kappa shape index (κ1) is 37.3. The van der Waals surface area contributed by atoms with Crippen molar-refractivity contribution >= 4 is 21.8 Å². The molecule has 0 aliphatic heterocycles. The molecule has 7 rings (SSSR count). The Kier molecular flexibility index (Phi) is 10.9. The largest absolute Gasteiger partial charge is 2.00 e. The van der Waals surface area contributed by atoms with E-state index < -0.39 is 0 Å². The summed E-state index contributed by atoms with van der Waals surface area (Å²) < 4.78 is 10.9. The molecule has 52 heavy (non-hydrogen) atoms. The van der Waals surface area contributed by atoms with Gasteiger partial charge in [-0.1, -0.05) is 95.4 Å². The Hall–Kier alpha value is -4.47. The van der Waals surface area contributed by atoms with Gasteiger partial charge in [0.05, 0.1) is 5.69 Å². The van der Waals surface area contributed by atoms with Crippen LogP contribution in [0.25, 0.3) is 44.4 Å². The standard InChI is InChI=1S/C46H48N4O.Pt/c1-30(2)14-12-13-15-34-18-21-42-41(25-34)40-20-19-38(29-43(40)49(42)44-24-31(3)22-23-47-44)51-39-27-36(46(6,7)8)26-37(28-39)50-33(5)45(32(4)48-50)35-16-10-9-11-17-35;/h9-11,16-27,30H,12-15H2,1-8H3;/q-2;+2. The Bertz CT molecular complexity index is 2340. The second-order valence-corrected chi connectivity index (χ2v) is 15.4. The fraction of sp³-hybridized carbons (Fsp3) is 0.304. The normalized spacial score (nSPS) is 11.8. The van der Waals surface area contributed by atoms with Gasteiger partial charge in [0.25, 0.3) is 0 Å². The number of aromatic nitrogens is 4. The van der Waals surface area contributed by atoms with Gasteiger partial charge in [-0.15, -0.1) is 41.3 Å². The summed E-state index contributed by atoms with van der Waals surface area (Å²) in [5.41, 5.74) is 10.8. The van der Waals surface area contributed by atoms with Crippen molar-refractivity contribution in [1.82, 2.24) is 19.3 Å². The van der Waals surface area contributed by atoms with Gasteiger partial charge in [-0.2, -0.15) is 11.2 Å². The van der Waals surface area contributed by atoms with E-state index in [1.165, 1.54) is 30.2 Å². The minimum absolute atomic E-state index is 0. The molecule has 0 aliphatic carbocycles. The third-order valence-corrected chi connectivity index (χ3v) is 9.84. The fourth-order valence-electron chi connectivity index (χ4n) is 7.10. The molecule has 4 aromatic carbocycles. The summed E-state index contributed by atoms with van der Waals surface area (Å²) in [7, 11) is 0. The smallest absolute Gasteiger partial charge is 0.509 e. The Balaban J connectivity index is 0.00000464. The van der Waals surface area contributed by atoms with Gasteiger partial charge in [-0.3, -0.25) is 4.68 Å². The molecule has 0 saturated carbocycles. The summed E-state index contributed by atoms with van der Waals surface area (Å²) in [5, 5.41) is 7.34. The molecule has 7 aromatic rings. The molecule has 268 valence electrons. The summed E-state index contributed by atoms with van der Waals surface area (Å²) >= 11 is 0. The number of aryl methyl sites for hydroxylation is 3. The van der Waals surface area contributed by atoms with Gasteiger partial charge in [-0.05, 0) is 90.9 Å². The number of pyridine rings is 1. The summed E-state index contributed by atoms with van der Waals surface area (Å²) in [5.74, 6) is 2.86. The minimum atomic E-state index is -0.121. The van der Waals surface area contributed by atoms with Crippen molar-refractivity contribution in [3.05, 3.63) is 131 Å².